The van der Waals surface area contributed by atoms with E-state index in [2.05, 4.69) is 0 Å². The van der Waals surface area contributed by atoms with Crippen molar-refractivity contribution in [1.29, 1.82) is 0 Å². The van der Waals surface area contributed by atoms with Crippen LogP contribution in [0.2, 0.25) is 6.04 Å². The Balaban J connectivity index is 4.38. The number of carbonyl (C=O) groups is 1. The zero-order chi connectivity index (χ0) is 15.1. The maximum absolute atomic E-state index is 11.1. The van der Waals surface area contributed by atoms with Gasteiger partial charge in [-0.3, -0.25) is 9.69 Å². The number of likely N-dealkylation sites (N-methyl/N-ethyl adjacent to an activating group) is 1. The standard InChI is InChI=1S/C12H27NO5Si/c1-7-18-19(16-5,17-6)10-8-9-13(4)12(2,3)11(14)15/h7-10H2,1-6H3,(H,14,15). The molecule has 0 spiro atoms. The summed E-state index contributed by atoms with van der Waals surface area (Å²) < 4.78 is 16.4. The van der Waals surface area contributed by atoms with E-state index < -0.39 is 20.3 Å². The summed E-state index contributed by atoms with van der Waals surface area (Å²) in [5.74, 6) is -0.832. The lowest BCUT2D eigenvalue weighted by Gasteiger charge is -2.32. The second-order valence-corrected chi connectivity index (χ2v) is 7.88. The monoisotopic (exact) mass is 293 g/mol. The normalized spacial score (nSPS) is 13.0. The molecule has 6 nitrogen and oxygen atoms in total. The van der Waals surface area contributed by atoms with Crippen molar-refractivity contribution in [2.45, 2.75) is 38.8 Å². The molecule has 0 atom stereocenters. The lowest BCUT2D eigenvalue weighted by molar-refractivity contribution is -0.148. The molecular formula is C12H27NO5Si. The molecule has 0 saturated carbocycles. The zero-order valence-electron chi connectivity index (χ0n) is 12.9. The van der Waals surface area contributed by atoms with Crippen LogP contribution in [-0.4, -0.2) is 64.7 Å². The molecular weight excluding hydrogens is 266 g/mol. The molecule has 0 aliphatic heterocycles. The molecule has 0 rings (SSSR count). The Bertz CT molecular complexity index is 281. The number of nitrogens with zero attached hydrogens (tertiary/aromatic N) is 1. The van der Waals surface area contributed by atoms with Crippen LogP contribution in [0.1, 0.15) is 27.2 Å². The van der Waals surface area contributed by atoms with Gasteiger partial charge in [-0.2, -0.15) is 0 Å². The van der Waals surface area contributed by atoms with E-state index in [9.17, 15) is 4.79 Å². The van der Waals surface area contributed by atoms with E-state index in [1.165, 1.54) is 0 Å². The van der Waals surface area contributed by atoms with Gasteiger partial charge in [-0.1, -0.05) is 0 Å². The first kappa shape index (κ1) is 18.5. The van der Waals surface area contributed by atoms with Crippen molar-refractivity contribution >= 4 is 14.8 Å². The molecule has 0 bridgehead atoms. The lowest BCUT2D eigenvalue weighted by Crippen LogP contribution is -2.49. The topological polar surface area (TPSA) is 68.2 Å². The van der Waals surface area contributed by atoms with Crippen molar-refractivity contribution in [2.24, 2.45) is 0 Å². The smallest absolute Gasteiger partial charge is 0.480 e. The first-order valence-corrected chi connectivity index (χ1v) is 8.37. The van der Waals surface area contributed by atoms with Gasteiger partial charge in [-0.05, 0) is 40.8 Å². The van der Waals surface area contributed by atoms with Crippen LogP contribution in [0.3, 0.4) is 0 Å². The van der Waals surface area contributed by atoms with Crippen LogP contribution in [0.15, 0.2) is 0 Å². The molecule has 0 radical (unpaired) electrons. The van der Waals surface area contributed by atoms with E-state index in [-0.39, 0.29) is 0 Å². The fraction of sp³-hybridized carbons (Fsp3) is 0.917. The third kappa shape index (κ3) is 5.19. The highest BCUT2D eigenvalue weighted by atomic mass is 28.4. The number of rotatable bonds is 10. The quantitative estimate of drug-likeness (QED) is 0.615. The Morgan fingerprint density at radius 1 is 1.32 bits per heavy atom. The second kappa shape index (κ2) is 7.96. The summed E-state index contributed by atoms with van der Waals surface area (Å²) in [5, 5.41) is 9.14. The molecule has 114 valence electrons. The van der Waals surface area contributed by atoms with Gasteiger partial charge in [-0.25, -0.2) is 0 Å². The lowest BCUT2D eigenvalue weighted by atomic mass is 10.0. The van der Waals surface area contributed by atoms with Gasteiger partial charge in [0.2, 0.25) is 0 Å². The summed E-state index contributed by atoms with van der Waals surface area (Å²) in [6.45, 7) is 6.47. The van der Waals surface area contributed by atoms with Gasteiger partial charge in [0.15, 0.2) is 0 Å². The average molecular weight is 293 g/mol. The van der Waals surface area contributed by atoms with Gasteiger partial charge in [-0.15, -0.1) is 0 Å². The third-order valence-electron chi connectivity index (χ3n) is 3.44. The van der Waals surface area contributed by atoms with Gasteiger partial charge in [0.25, 0.3) is 0 Å². The molecule has 7 heteroatoms. The highest BCUT2D eigenvalue weighted by Gasteiger charge is 2.39. The maximum Gasteiger partial charge on any atom is 0.500 e. The Morgan fingerprint density at radius 3 is 2.21 bits per heavy atom. The summed E-state index contributed by atoms with van der Waals surface area (Å²) in [5.41, 5.74) is -0.879. The minimum Gasteiger partial charge on any atom is -0.480 e. The number of hydrogen-bond donors (Lipinski definition) is 1. The Kier molecular flexibility index (Phi) is 7.76. The van der Waals surface area contributed by atoms with Gasteiger partial charge < -0.3 is 18.4 Å². The highest BCUT2D eigenvalue weighted by molar-refractivity contribution is 6.60. The summed E-state index contributed by atoms with van der Waals surface area (Å²) in [6, 6.07) is 0.674. The number of hydrogen-bond acceptors (Lipinski definition) is 5. The number of carboxylic acid groups (broad SMARTS) is 1. The molecule has 0 saturated heterocycles. The van der Waals surface area contributed by atoms with Crippen molar-refractivity contribution in [2.75, 3.05) is 34.4 Å². The highest BCUT2D eigenvalue weighted by Crippen LogP contribution is 2.19. The molecule has 0 aromatic carbocycles. The first-order valence-electron chi connectivity index (χ1n) is 6.44. The minimum atomic E-state index is -2.57. The van der Waals surface area contributed by atoms with E-state index in [1.807, 2.05) is 11.8 Å². The summed E-state index contributed by atoms with van der Waals surface area (Å²) in [7, 11) is 2.42. The van der Waals surface area contributed by atoms with E-state index >= 15 is 0 Å². The van der Waals surface area contributed by atoms with Crippen LogP contribution in [0.5, 0.6) is 0 Å². The molecule has 0 aromatic rings. The predicted octanol–water partition coefficient (Wildman–Crippen LogP) is 1.44. The van der Waals surface area contributed by atoms with Crippen molar-refractivity contribution in [3.05, 3.63) is 0 Å². The van der Waals surface area contributed by atoms with Gasteiger partial charge in [0, 0.05) is 26.9 Å². The molecule has 0 aromatic heterocycles. The SMILES string of the molecule is CCO[Si](CCCN(C)C(C)(C)C(=O)O)(OC)OC. The van der Waals surface area contributed by atoms with Crippen LogP contribution in [0.4, 0.5) is 0 Å². The molecule has 0 amide bonds. The second-order valence-electron chi connectivity index (χ2n) is 4.91. The Labute approximate surface area is 117 Å². The largest absolute Gasteiger partial charge is 0.500 e. The molecule has 0 aliphatic carbocycles. The van der Waals surface area contributed by atoms with Crippen molar-refractivity contribution < 1.29 is 23.2 Å². The zero-order valence-corrected chi connectivity index (χ0v) is 13.9. The van der Waals surface area contributed by atoms with Crippen LogP contribution in [-0.2, 0) is 18.1 Å². The maximum atomic E-state index is 11.1. The van der Waals surface area contributed by atoms with Crippen LogP contribution < -0.4 is 0 Å². The molecule has 0 fully saturated rings. The fourth-order valence-electron chi connectivity index (χ4n) is 1.67. The number of carboxylic acids is 1. The molecule has 0 aliphatic rings. The van der Waals surface area contributed by atoms with Crippen molar-refractivity contribution in [3.8, 4) is 0 Å². The Morgan fingerprint density at radius 2 is 1.84 bits per heavy atom. The predicted molar refractivity (Wildman–Crippen MR) is 75.2 cm³/mol. The molecule has 0 heterocycles. The summed E-state index contributed by atoms with van der Waals surface area (Å²) >= 11 is 0. The minimum absolute atomic E-state index is 0.546. The average Bonchev–Trinajstić information content (AvgIpc) is 2.37. The third-order valence-corrected chi connectivity index (χ3v) is 6.38. The molecule has 0 unspecified atom stereocenters. The van der Waals surface area contributed by atoms with Gasteiger partial charge >= 0.3 is 14.8 Å². The van der Waals surface area contributed by atoms with E-state index in [4.69, 9.17) is 18.4 Å². The summed E-state index contributed by atoms with van der Waals surface area (Å²) in [4.78, 5) is 12.9. The first-order chi connectivity index (χ1) is 8.75. The van der Waals surface area contributed by atoms with E-state index in [1.54, 1.807) is 35.1 Å². The van der Waals surface area contributed by atoms with Crippen molar-refractivity contribution in [1.82, 2.24) is 4.90 Å². The van der Waals surface area contributed by atoms with Crippen LogP contribution >= 0.6 is 0 Å². The van der Waals surface area contributed by atoms with Crippen LogP contribution in [0, 0.1) is 0 Å². The van der Waals surface area contributed by atoms with E-state index in [0.29, 0.717) is 19.2 Å². The van der Waals surface area contributed by atoms with Gasteiger partial charge in [0.05, 0.1) is 0 Å². The fourth-order valence-corrected chi connectivity index (χ4v) is 3.66. The number of aliphatic carboxylic acids is 1. The Hall–Kier alpha value is -0.473. The van der Waals surface area contributed by atoms with Crippen LogP contribution in [0.25, 0.3) is 0 Å². The van der Waals surface area contributed by atoms with Crippen molar-refractivity contribution in [3.63, 3.8) is 0 Å². The summed E-state index contributed by atoms with van der Waals surface area (Å²) in [6.07, 6.45) is 0.765. The van der Waals surface area contributed by atoms with E-state index in [0.717, 1.165) is 6.42 Å². The molecule has 19 heavy (non-hydrogen) atoms. The molecule has 1 N–H and O–H groups in total. The van der Waals surface area contributed by atoms with Gasteiger partial charge in [0.1, 0.15) is 5.54 Å².